The van der Waals surface area contributed by atoms with E-state index in [2.05, 4.69) is 9.97 Å². The predicted molar refractivity (Wildman–Crippen MR) is 104 cm³/mol. The molecule has 0 bridgehead atoms. The highest BCUT2D eigenvalue weighted by molar-refractivity contribution is 7.14. The first-order chi connectivity index (χ1) is 13.6. The molecule has 144 valence electrons. The van der Waals surface area contributed by atoms with Crippen LogP contribution in [0.3, 0.4) is 0 Å². The fourth-order valence-electron chi connectivity index (χ4n) is 2.97. The van der Waals surface area contributed by atoms with Crippen LogP contribution < -0.4 is 4.90 Å². The molecule has 8 heteroatoms. The Morgan fingerprint density at radius 3 is 2.86 bits per heavy atom. The number of hydrogen-bond donors (Lipinski definition) is 0. The van der Waals surface area contributed by atoms with Crippen molar-refractivity contribution >= 4 is 28.3 Å². The fraction of sp³-hybridized carbons (Fsp3) is 0.300. The van der Waals surface area contributed by atoms with Gasteiger partial charge in [-0.3, -0.25) is 14.5 Å². The van der Waals surface area contributed by atoms with E-state index in [4.69, 9.17) is 9.15 Å². The maximum atomic E-state index is 12.2. The van der Waals surface area contributed by atoms with E-state index < -0.39 is 5.97 Å². The zero-order valence-electron chi connectivity index (χ0n) is 15.4. The number of thiazole rings is 1. The topological polar surface area (TPSA) is 85.5 Å². The first kappa shape index (κ1) is 18.4. The monoisotopic (exact) mass is 397 g/mol. The number of benzene rings is 1. The molecule has 1 aromatic carbocycles. The largest absolute Gasteiger partial charge is 0.459 e. The van der Waals surface area contributed by atoms with Crippen molar-refractivity contribution in [2.45, 2.75) is 32.8 Å². The Bertz CT molecular complexity index is 996. The van der Waals surface area contributed by atoms with Crippen molar-refractivity contribution < 1.29 is 18.7 Å². The summed E-state index contributed by atoms with van der Waals surface area (Å²) in [6.45, 7) is 2.52. The SMILES string of the molecule is Cc1oc(-c2ccccc2)nc1COC(=O)Cc1csc(N2CCCC2=O)n1. The quantitative estimate of drug-likeness (QED) is 0.592. The fourth-order valence-corrected chi connectivity index (χ4v) is 3.83. The molecule has 1 aliphatic heterocycles. The maximum Gasteiger partial charge on any atom is 0.312 e. The second-order valence-electron chi connectivity index (χ2n) is 6.50. The Morgan fingerprint density at radius 1 is 1.29 bits per heavy atom. The minimum absolute atomic E-state index is 0.0443. The Hall–Kier alpha value is -3.00. The van der Waals surface area contributed by atoms with Gasteiger partial charge in [0.2, 0.25) is 11.8 Å². The molecule has 1 amide bonds. The summed E-state index contributed by atoms with van der Waals surface area (Å²) in [6, 6.07) is 9.56. The lowest BCUT2D eigenvalue weighted by Crippen LogP contribution is -2.23. The van der Waals surface area contributed by atoms with Crippen molar-refractivity contribution in [2.75, 3.05) is 11.4 Å². The lowest BCUT2D eigenvalue weighted by atomic mass is 10.2. The number of carbonyl (C=O) groups is 2. The number of ether oxygens (including phenoxy) is 1. The van der Waals surface area contributed by atoms with Crippen LogP contribution in [-0.4, -0.2) is 28.4 Å². The third-order valence-electron chi connectivity index (χ3n) is 4.45. The summed E-state index contributed by atoms with van der Waals surface area (Å²) < 4.78 is 11.0. The molecule has 1 aliphatic rings. The summed E-state index contributed by atoms with van der Waals surface area (Å²) in [6.07, 6.45) is 1.46. The van der Waals surface area contributed by atoms with Gasteiger partial charge < -0.3 is 9.15 Å². The predicted octanol–water partition coefficient (Wildman–Crippen LogP) is 3.52. The van der Waals surface area contributed by atoms with Crippen molar-refractivity contribution in [1.29, 1.82) is 0 Å². The minimum Gasteiger partial charge on any atom is -0.459 e. The van der Waals surface area contributed by atoms with Crippen molar-refractivity contribution in [3.63, 3.8) is 0 Å². The molecule has 0 radical (unpaired) electrons. The van der Waals surface area contributed by atoms with Crippen molar-refractivity contribution in [1.82, 2.24) is 9.97 Å². The highest BCUT2D eigenvalue weighted by Crippen LogP contribution is 2.26. The standard InChI is InChI=1S/C20H19N3O4S/c1-13-16(22-19(27-13)14-6-3-2-4-7-14)11-26-18(25)10-15-12-28-20(21-15)23-9-5-8-17(23)24/h2-4,6-7,12H,5,8-11H2,1H3. The summed E-state index contributed by atoms with van der Waals surface area (Å²) in [4.78, 5) is 34.4. The minimum atomic E-state index is -0.395. The van der Waals surface area contributed by atoms with Crippen molar-refractivity contribution in [3.05, 3.63) is 52.9 Å². The highest BCUT2D eigenvalue weighted by Gasteiger charge is 2.24. The van der Waals surface area contributed by atoms with Gasteiger partial charge in [0.15, 0.2) is 5.13 Å². The third kappa shape index (κ3) is 3.96. The van der Waals surface area contributed by atoms with Gasteiger partial charge in [0.1, 0.15) is 18.1 Å². The molecule has 3 aromatic rings. The van der Waals surface area contributed by atoms with Gasteiger partial charge in [-0.1, -0.05) is 18.2 Å². The second-order valence-corrected chi connectivity index (χ2v) is 7.33. The molecule has 0 spiro atoms. The van der Waals surface area contributed by atoms with E-state index >= 15 is 0 Å². The maximum absolute atomic E-state index is 12.2. The number of amides is 1. The van der Waals surface area contributed by atoms with Crippen molar-refractivity contribution in [2.24, 2.45) is 0 Å². The molecule has 0 N–H and O–H groups in total. The number of nitrogens with zero attached hydrogens (tertiary/aromatic N) is 3. The van der Waals surface area contributed by atoms with Gasteiger partial charge in [0, 0.05) is 23.9 Å². The van der Waals surface area contributed by atoms with Gasteiger partial charge in [-0.05, 0) is 25.5 Å². The van der Waals surface area contributed by atoms with Crippen LogP contribution in [0.2, 0.25) is 0 Å². The lowest BCUT2D eigenvalue weighted by molar-refractivity contribution is -0.144. The average Bonchev–Trinajstić information content (AvgIpc) is 3.41. The van der Waals surface area contributed by atoms with Crippen molar-refractivity contribution in [3.8, 4) is 11.5 Å². The van der Waals surface area contributed by atoms with E-state index in [0.717, 1.165) is 12.0 Å². The zero-order valence-corrected chi connectivity index (χ0v) is 16.2. The average molecular weight is 397 g/mol. The van der Waals surface area contributed by atoms with Gasteiger partial charge in [-0.15, -0.1) is 11.3 Å². The van der Waals surface area contributed by atoms with Gasteiger partial charge in [-0.25, -0.2) is 9.97 Å². The Morgan fingerprint density at radius 2 is 2.11 bits per heavy atom. The molecular weight excluding hydrogens is 378 g/mol. The Balaban J connectivity index is 1.34. The van der Waals surface area contributed by atoms with E-state index in [1.54, 1.807) is 17.2 Å². The van der Waals surface area contributed by atoms with Crippen LogP contribution in [0.5, 0.6) is 0 Å². The molecule has 0 aliphatic carbocycles. The molecule has 2 aromatic heterocycles. The van der Waals surface area contributed by atoms with E-state index in [1.807, 2.05) is 30.3 Å². The third-order valence-corrected chi connectivity index (χ3v) is 5.37. The Kier molecular flexibility index (Phi) is 5.21. The Labute approximate surface area is 166 Å². The zero-order chi connectivity index (χ0) is 19.5. The summed E-state index contributed by atoms with van der Waals surface area (Å²) in [7, 11) is 0. The van der Waals surface area contributed by atoms with Gasteiger partial charge in [0.25, 0.3) is 0 Å². The molecule has 4 rings (SSSR count). The molecular formula is C20H19N3O4S. The molecule has 3 heterocycles. The van der Waals surface area contributed by atoms with Crippen LogP contribution >= 0.6 is 11.3 Å². The number of rotatable bonds is 6. The molecule has 1 saturated heterocycles. The highest BCUT2D eigenvalue weighted by atomic mass is 32.1. The molecule has 28 heavy (non-hydrogen) atoms. The molecule has 0 atom stereocenters. The number of anilines is 1. The van der Waals surface area contributed by atoms with Crippen LogP contribution in [-0.2, 0) is 27.4 Å². The number of oxazole rings is 1. The molecule has 7 nitrogen and oxygen atoms in total. The van der Waals surface area contributed by atoms with Crippen LogP contribution in [0, 0.1) is 6.92 Å². The molecule has 0 saturated carbocycles. The number of esters is 1. The summed E-state index contributed by atoms with van der Waals surface area (Å²) in [5.41, 5.74) is 2.06. The second kappa shape index (κ2) is 7.93. The number of carbonyl (C=O) groups excluding carboxylic acids is 2. The first-order valence-electron chi connectivity index (χ1n) is 9.02. The molecule has 0 unspecified atom stereocenters. The van der Waals surface area contributed by atoms with Gasteiger partial charge in [0.05, 0.1) is 12.1 Å². The number of aromatic nitrogens is 2. The summed E-state index contributed by atoms with van der Waals surface area (Å²) >= 11 is 1.37. The van der Waals surface area contributed by atoms with Crippen LogP contribution in [0.25, 0.3) is 11.5 Å². The van der Waals surface area contributed by atoms with E-state index in [-0.39, 0.29) is 18.9 Å². The van der Waals surface area contributed by atoms with Crippen LogP contribution in [0.15, 0.2) is 40.1 Å². The van der Waals surface area contributed by atoms with E-state index in [9.17, 15) is 9.59 Å². The van der Waals surface area contributed by atoms with E-state index in [1.165, 1.54) is 11.3 Å². The smallest absolute Gasteiger partial charge is 0.312 e. The number of hydrogen-bond acceptors (Lipinski definition) is 7. The summed E-state index contributed by atoms with van der Waals surface area (Å²) in [5.74, 6) is 0.811. The normalized spacial score (nSPS) is 13.9. The van der Waals surface area contributed by atoms with Crippen LogP contribution in [0.4, 0.5) is 5.13 Å². The van der Waals surface area contributed by atoms with Crippen LogP contribution in [0.1, 0.15) is 30.0 Å². The molecule has 1 fully saturated rings. The lowest BCUT2D eigenvalue weighted by Gasteiger charge is -2.10. The first-order valence-corrected chi connectivity index (χ1v) is 9.90. The van der Waals surface area contributed by atoms with Gasteiger partial charge in [-0.2, -0.15) is 0 Å². The number of aryl methyl sites for hydroxylation is 1. The van der Waals surface area contributed by atoms with E-state index in [0.29, 0.717) is 41.1 Å². The summed E-state index contributed by atoms with van der Waals surface area (Å²) in [5, 5.41) is 2.43. The van der Waals surface area contributed by atoms with Gasteiger partial charge >= 0.3 is 5.97 Å².